The summed E-state index contributed by atoms with van der Waals surface area (Å²) in [5.41, 5.74) is 1.53. The van der Waals surface area contributed by atoms with Crippen molar-refractivity contribution >= 4 is 10.8 Å². The Morgan fingerprint density at radius 3 is 2.81 bits per heavy atom. The number of rotatable bonds is 2. The first-order valence-electron chi connectivity index (χ1n) is 7.72. The predicted molar refractivity (Wildman–Crippen MR) is 86.7 cm³/mol. The first-order valence-corrected chi connectivity index (χ1v) is 7.72. The molecule has 0 aliphatic carbocycles. The molecule has 0 aromatic heterocycles. The summed E-state index contributed by atoms with van der Waals surface area (Å²) in [5, 5.41) is 2.53. The zero-order chi connectivity index (χ0) is 14.4. The molecule has 2 bridgehead atoms. The maximum atomic E-state index is 5.31. The molecule has 2 heterocycles. The summed E-state index contributed by atoms with van der Waals surface area (Å²) in [6.07, 6.45) is 8.51. The van der Waals surface area contributed by atoms with Gasteiger partial charge in [-0.05, 0) is 60.8 Å². The van der Waals surface area contributed by atoms with Gasteiger partial charge < -0.3 is 4.74 Å². The quantitative estimate of drug-likeness (QED) is 0.767. The SMILES string of the molecule is COc1ccc2cc(C34C=CCC(CC3)N4C)ccc2c1. The Labute approximate surface area is 126 Å². The highest BCUT2D eigenvalue weighted by Gasteiger charge is 2.45. The van der Waals surface area contributed by atoms with Crippen molar-refractivity contribution in [3.05, 3.63) is 54.1 Å². The van der Waals surface area contributed by atoms with Crippen LogP contribution < -0.4 is 4.74 Å². The van der Waals surface area contributed by atoms with Crippen LogP contribution in [0.4, 0.5) is 0 Å². The first-order chi connectivity index (χ1) is 10.2. The van der Waals surface area contributed by atoms with E-state index in [2.05, 4.69) is 54.4 Å². The highest BCUT2D eigenvalue weighted by atomic mass is 16.5. The average Bonchev–Trinajstić information content (AvgIpc) is 2.73. The van der Waals surface area contributed by atoms with E-state index in [1.807, 2.05) is 6.07 Å². The van der Waals surface area contributed by atoms with E-state index in [-0.39, 0.29) is 5.54 Å². The van der Waals surface area contributed by atoms with Crippen LogP contribution in [-0.2, 0) is 5.54 Å². The van der Waals surface area contributed by atoms with Gasteiger partial charge in [-0.3, -0.25) is 4.90 Å². The Morgan fingerprint density at radius 2 is 1.95 bits per heavy atom. The number of ether oxygens (including phenoxy) is 1. The maximum Gasteiger partial charge on any atom is 0.119 e. The fourth-order valence-corrected chi connectivity index (χ4v) is 4.04. The first kappa shape index (κ1) is 12.9. The van der Waals surface area contributed by atoms with Crippen LogP contribution in [0.1, 0.15) is 24.8 Å². The molecule has 2 aromatic carbocycles. The summed E-state index contributed by atoms with van der Waals surface area (Å²) in [4.78, 5) is 2.57. The molecule has 0 spiro atoms. The van der Waals surface area contributed by atoms with Crippen LogP contribution >= 0.6 is 0 Å². The lowest BCUT2D eigenvalue weighted by atomic mass is 9.85. The number of likely N-dealkylation sites (N-methyl/N-ethyl adjacent to an activating group) is 1. The Balaban J connectivity index is 1.84. The van der Waals surface area contributed by atoms with Crippen molar-refractivity contribution in [2.45, 2.75) is 30.8 Å². The minimum atomic E-state index is 0.108. The van der Waals surface area contributed by atoms with Crippen molar-refractivity contribution in [1.82, 2.24) is 4.90 Å². The monoisotopic (exact) mass is 279 g/mol. The zero-order valence-electron chi connectivity index (χ0n) is 12.7. The third-order valence-electron chi connectivity index (χ3n) is 5.38. The van der Waals surface area contributed by atoms with E-state index in [1.54, 1.807) is 7.11 Å². The van der Waals surface area contributed by atoms with E-state index in [0.717, 1.165) is 5.75 Å². The summed E-state index contributed by atoms with van der Waals surface area (Å²) in [7, 11) is 3.99. The molecule has 2 aliphatic heterocycles. The van der Waals surface area contributed by atoms with Gasteiger partial charge in [0.15, 0.2) is 0 Å². The van der Waals surface area contributed by atoms with Gasteiger partial charge in [-0.15, -0.1) is 0 Å². The second kappa shape index (κ2) is 4.60. The minimum absolute atomic E-state index is 0.108. The molecule has 2 atom stereocenters. The van der Waals surface area contributed by atoms with Crippen LogP contribution in [0.3, 0.4) is 0 Å². The standard InChI is InChI=1S/C19H21NO/c1-20-17-4-3-10-19(20,11-9-17)16-7-5-15-13-18(21-2)8-6-14(15)12-16/h3,5-8,10,12-13,17H,4,9,11H2,1-2H3. The normalized spacial score (nSPS) is 28.2. The van der Waals surface area contributed by atoms with Gasteiger partial charge in [0.2, 0.25) is 0 Å². The third-order valence-corrected chi connectivity index (χ3v) is 5.38. The van der Waals surface area contributed by atoms with Gasteiger partial charge in [0.1, 0.15) is 5.75 Å². The van der Waals surface area contributed by atoms with Crippen molar-refractivity contribution in [3.63, 3.8) is 0 Å². The molecule has 1 fully saturated rings. The van der Waals surface area contributed by atoms with Crippen LogP contribution in [-0.4, -0.2) is 25.1 Å². The number of benzene rings is 2. The van der Waals surface area contributed by atoms with E-state index >= 15 is 0 Å². The molecule has 4 rings (SSSR count). The lowest BCUT2D eigenvalue weighted by Crippen LogP contribution is -2.42. The highest BCUT2D eigenvalue weighted by molar-refractivity contribution is 5.85. The fourth-order valence-electron chi connectivity index (χ4n) is 4.04. The second-order valence-corrected chi connectivity index (χ2v) is 6.29. The number of fused-ring (bicyclic) bond motifs is 3. The van der Waals surface area contributed by atoms with Gasteiger partial charge in [-0.25, -0.2) is 0 Å². The molecule has 1 saturated heterocycles. The third kappa shape index (κ3) is 1.82. The smallest absolute Gasteiger partial charge is 0.119 e. The molecular weight excluding hydrogens is 258 g/mol. The zero-order valence-corrected chi connectivity index (χ0v) is 12.7. The summed E-state index contributed by atoms with van der Waals surface area (Å²) >= 11 is 0. The van der Waals surface area contributed by atoms with Crippen LogP contribution in [0.25, 0.3) is 10.8 Å². The molecular formula is C19H21NO. The van der Waals surface area contributed by atoms with Crippen LogP contribution in [0.15, 0.2) is 48.6 Å². The van der Waals surface area contributed by atoms with Crippen molar-refractivity contribution in [3.8, 4) is 5.75 Å². The van der Waals surface area contributed by atoms with Gasteiger partial charge in [-0.2, -0.15) is 0 Å². The van der Waals surface area contributed by atoms with Crippen molar-refractivity contribution in [2.24, 2.45) is 0 Å². The topological polar surface area (TPSA) is 12.5 Å². The second-order valence-electron chi connectivity index (χ2n) is 6.29. The maximum absolute atomic E-state index is 5.31. The summed E-state index contributed by atoms with van der Waals surface area (Å²) in [5.74, 6) is 0.920. The molecule has 2 aliphatic rings. The van der Waals surface area contributed by atoms with E-state index < -0.39 is 0 Å². The molecule has 0 radical (unpaired) electrons. The number of methoxy groups -OCH3 is 1. The number of nitrogens with zero attached hydrogens (tertiary/aromatic N) is 1. The largest absolute Gasteiger partial charge is 0.497 e. The minimum Gasteiger partial charge on any atom is -0.497 e. The number of hydrogen-bond acceptors (Lipinski definition) is 2. The van der Waals surface area contributed by atoms with Gasteiger partial charge in [0.25, 0.3) is 0 Å². The molecule has 108 valence electrons. The van der Waals surface area contributed by atoms with Crippen molar-refractivity contribution in [1.29, 1.82) is 0 Å². The van der Waals surface area contributed by atoms with E-state index in [9.17, 15) is 0 Å². The Morgan fingerprint density at radius 1 is 1.14 bits per heavy atom. The molecule has 2 aromatic rings. The summed E-state index contributed by atoms with van der Waals surface area (Å²) in [6.45, 7) is 0. The van der Waals surface area contributed by atoms with Gasteiger partial charge in [-0.1, -0.05) is 30.4 Å². The predicted octanol–water partition coefficient (Wildman–Crippen LogP) is 4.10. The Kier molecular flexibility index (Phi) is 2.83. The van der Waals surface area contributed by atoms with Crippen LogP contribution in [0.5, 0.6) is 5.75 Å². The fraction of sp³-hybridized carbons (Fsp3) is 0.368. The lowest BCUT2D eigenvalue weighted by molar-refractivity contribution is 0.168. The average molecular weight is 279 g/mol. The molecule has 2 nitrogen and oxygen atoms in total. The molecule has 21 heavy (non-hydrogen) atoms. The molecule has 0 amide bonds. The molecule has 2 unspecified atom stereocenters. The summed E-state index contributed by atoms with van der Waals surface area (Å²) < 4.78 is 5.31. The van der Waals surface area contributed by atoms with E-state index in [1.165, 1.54) is 35.6 Å². The van der Waals surface area contributed by atoms with Gasteiger partial charge in [0.05, 0.1) is 12.6 Å². The Bertz CT molecular complexity index is 721. The Hall–Kier alpha value is -1.80. The lowest BCUT2D eigenvalue weighted by Gasteiger charge is -2.39. The highest BCUT2D eigenvalue weighted by Crippen LogP contribution is 2.46. The van der Waals surface area contributed by atoms with Crippen LogP contribution in [0.2, 0.25) is 0 Å². The van der Waals surface area contributed by atoms with Crippen molar-refractivity contribution < 1.29 is 4.74 Å². The van der Waals surface area contributed by atoms with E-state index in [0.29, 0.717) is 6.04 Å². The molecule has 0 N–H and O–H groups in total. The van der Waals surface area contributed by atoms with Crippen molar-refractivity contribution in [2.75, 3.05) is 14.2 Å². The van der Waals surface area contributed by atoms with Gasteiger partial charge >= 0.3 is 0 Å². The van der Waals surface area contributed by atoms with Gasteiger partial charge in [0, 0.05) is 6.04 Å². The molecule has 0 saturated carbocycles. The summed E-state index contributed by atoms with van der Waals surface area (Å²) in [6, 6.07) is 13.9. The molecule has 2 heteroatoms. The van der Waals surface area contributed by atoms with Crippen LogP contribution in [0, 0.1) is 0 Å². The number of hydrogen-bond donors (Lipinski definition) is 0. The van der Waals surface area contributed by atoms with E-state index in [4.69, 9.17) is 4.74 Å².